The van der Waals surface area contributed by atoms with E-state index >= 15 is 0 Å². The molecular formula is C17H21N3O2. The molecule has 3 rings (SSSR count). The summed E-state index contributed by atoms with van der Waals surface area (Å²) >= 11 is 0. The van der Waals surface area contributed by atoms with Crippen molar-refractivity contribution in [2.75, 3.05) is 0 Å². The van der Waals surface area contributed by atoms with E-state index in [1.54, 1.807) is 12.5 Å². The van der Waals surface area contributed by atoms with Gasteiger partial charge in [-0.25, -0.2) is 4.79 Å². The molecule has 1 aliphatic rings. The number of amides is 2. The number of urea groups is 1. The number of aromatic nitrogens is 1. The maximum Gasteiger partial charge on any atom is 0.318 e. The molecule has 116 valence electrons. The first-order valence-electron chi connectivity index (χ1n) is 7.70. The first-order chi connectivity index (χ1) is 10.7. The highest BCUT2D eigenvalue weighted by Crippen LogP contribution is 2.34. The third kappa shape index (κ3) is 3.13. The van der Waals surface area contributed by atoms with Gasteiger partial charge in [-0.05, 0) is 51.0 Å². The highest BCUT2D eigenvalue weighted by molar-refractivity contribution is 5.75. The Morgan fingerprint density at radius 1 is 1.32 bits per heavy atom. The molecular weight excluding hydrogens is 278 g/mol. The fourth-order valence-electron chi connectivity index (χ4n) is 2.64. The van der Waals surface area contributed by atoms with E-state index in [1.165, 1.54) is 0 Å². The van der Waals surface area contributed by atoms with Crippen LogP contribution in [-0.2, 0) is 0 Å². The van der Waals surface area contributed by atoms with Crippen LogP contribution in [0.25, 0.3) is 0 Å². The van der Waals surface area contributed by atoms with Gasteiger partial charge in [-0.15, -0.1) is 0 Å². The summed E-state index contributed by atoms with van der Waals surface area (Å²) in [6.07, 6.45) is 5.49. The predicted molar refractivity (Wildman–Crippen MR) is 83.2 cm³/mol. The molecule has 1 aliphatic carbocycles. The molecule has 0 spiro atoms. The molecule has 2 amide bonds. The molecule has 2 heterocycles. The lowest BCUT2D eigenvalue weighted by Crippen LogP contribution is -2.43. The second kappa shape index (κ2) is 6.22. The van der Waals surface area contributed by atoms with Crippen LogP contribution in [0, 0.1) is 0 Å². The van der Waals surface area contributed by atoms with Crippen molar-refractivity contribution in [3.8, 4) is 0 Å². The summed E-state index contributed by atoms with van der Waals surface area (Å²) in [4.78, 5) is 18.9. The zero-order valence-electron chi connectivity index (χ0n) is 12.9. The topological polar surface area (TPSA) is 58.4 Å². The fourth-order valence-corrected chi connectivity index (χ4v) is 2.64. The molecule has 2 atom stereocenters. The quantitative estimate of drug-likeness (QED) is 0.916. The lowest BCUT2D eigenvalue weighted by molar-refractivity contribution is 0.163. The highest BCUT2D eigenvalue weighted by atomic mass is 16.3. The van der Waals surface area contributed by atoms with Crippen LogP contribution >= 0.6 is 0 Å². The average Bonchev–Trinajstić information content (AvgIpc) is 3.20. The van der Waals surface area contributed by atoms with Crippen LogP contribution in [0.2, 0.25) is 0 Å². The van der Waals surface area contributed by atoms with Gasteiger partial charge in [0, 0.05) is 12.2 Å². The number of hydrogen-bond acceptors (Lipinski definition) is 3. The Balaban J connectivity index is 1.71. The molecule has 2 aromatic rings. The molecule has 0 unspecified atom stereocenters. The lowest BCUT2D eigenvalue weighted by atomic mass is 10.2. The Bertz CT molecular complexity index is 608. The molecule has 1 fully saturated rings. The third-order valence-corrected chi connectivity index (χ3v) is 4.02. The summed E-state index contributed by atoms with van der Waals surface area (Å²) in [5.74, 6) is 0.813. The van der Waals surface area contributed by atoms with Gasteiger partial charge in [0.05, 0.1) is 24.0 Å². The normalized spacial score (nSPS) is 16.8. The molecule has 0 saturated heterocycles. The Kier molecular flexibility index (Phi) is 4.13. The molecule has 5 nitrogen and oxygen atoms in total. The monoisotopic (exact) mass is 299 g/mol. The molecule has 1 N–H and O–H groups in total. The van der Waals surface area contributed by atoms with Gasteiger partial charge < -0.3 is 14.6 Å². The minimum absolute atomic E-state index is 0.0652. The largest absolute Gasteiger partial charge is 0.467 e. The predicted octanol–water partition coefficient (Wildman–Crippen LogP) is 3.67. The Morgan fingerprint density at radius 2 is 2.14 bits per heavy atom. The summed E-state index contributed by atoms with van der Waals surface area (Å²) in [5, 5.41) is 3.04. The third-order valence-electron chi connectivity index (χ3n) is 4.02. The van der Waals surface area contributed by atoms with Crippen molar-refractivity contribution in [2.45, 2.75) is 44.8 Å². The first kappa shape index (κ1) is 14.6. The Morgan fingerprint density at radius 3 is 2.73 bits per heavy atom. The van der Waals surface area contributed by atoms with Gasteiger partial charge in [0.25, 0.3) is 0 Å². The first-order valence-corrected chi connectivity index (χ1v) is 7.70. The Labute approximate surface area is 130 Å². The van der Waals surface area contributed by atoms with Crippen molar-refractivity contribution < 1.29 is 9.21 Å². The van der Waals surface area contributed by atoms with Crippen LogP contribution in [0.4, 0.5) is 4.79 Å². The van der Waals surface area contributed by atoms with Gasteiger partial charge in [-0.3, -0.25) is 4.98 Å². The van der Waals surface area contributed by atoms with E-state index in [-0.39, 0.29) is 18.1 Å². The SMILES string of the molecule is C[C@H](NC(=O)N(C1CC1)[C@@H](C)c1ccco1)c1ccccn1. The number of carbonyl (C=O) groups is 1. The standard InChI is InChI=1S/C17H21N3O2/c1-12(15-6-3-4-10-18-15)19-17(21)20(14-8-9-14)13(2)16-7-5-11-22-16/h3-7,10-14H,8-9H2,1-2H3,(H,19,21)/t12-,13-/m0/s1. The van der Waals surface area contributed by atoms with E-state index in [0.29, 0.717) is 6.04 Å². The van der Waals surface area contributed by atoms with Crippen LogP contribution in [-0.4, -0.2) is 22.0 Å². The van der Waals surface area contributed by atoms with Crippen molar-refractivity contribution in [3.05, 3.63) is 54.2 Å². The average molecular weight is 299 g/mol. The lowest BCUT2D eigenvalue weighted by Gasteiger charge is -2.29. The van der Waals surface area contributed by atoms with Crippen LogP contribution in [0.1, 0.15) is 50.2 Å². The fraction of sp³-hybridized carbons (Fsp3) is 0.412. The van der Waals surface area contributed by atoms with Gasteiger partial charge in [0.1, 0.15) is 5.76 Å². The number of carbonyl (C=O) groups excluding carboxylic acids is 1. The number of furan rings is 1. The van der Waals surface area contributed by atoms with Gasteiger partial charge in [0.15, 0.2) is 0 Å². The molecule has 2 aromatic heterocycles. The van der Waals surface area contributed by atoms with E-state index in [0.717, 1.165) is 24.3 Å². The van der Waals surface area contributed by atoms with Crippen molar-refractivity contribution in [2.24, 2.45) is 0 Å². The molecule has 5 heteroatoms. The zero-order valence-corrected chi connectivity index (χ0v) is 12.9. The number of nitrogens with zero attached hydrogens (tertiary/aromatic N) is 2. The summed E-state index contributed by atoms with van der Waals surface area (Å²) < 4.78 is 5.46. The molecule has 0 aromatic carbocycles. The van der Waals surface area contributed by atoms with Crippen molar-refractivity contribution in [3.63, 3.8) is 0 Å². The van der Waals surface area contributed by atoms with Crippen LogP contribution in [0.15, 0.2) is 47.2 Å². The Hall–Kier alpha value is -2.30. The van der Waals surface area contributed by atoms with Gasteiger partial charge in [-0.1, -0.05) is 6.07 Å². The number of nitrogens with one attached hydrogen (secondary N) is 1. The van der Waals surface area contributed by atoms with E-state index in [1.807, 2.05) is 49.1 Å². The van der Waals surface area contributed by atoms with Gasteiger partial charge in [-0.2, -0.15) is 0 Å². The summed E-state index contributed by atoms with van der Waals surface area (Å²) in [7, 11) is 0. The van der Waals surface area contributed by atoms with Crippen molar-refractivity contribution >= 4 is 6.03 Å². The second-order valence-electron chi connectivity index (χ2n) is 5.76. The summed E-state index contributed by atoms with van der Waals surface area (Å²) in [6, 6.07) is 9.52. The van der Waals surface area contributed by atoms with Crippen LogP contribution < -0.4 is 5.32 Å². The van der Waals surface area contributed by atoms with E-state index in [9.17, 15) is 4.79 Å². The molecule has 22 heavy (non-hydrogen) atoms. The number of rotatable bonds is 5. The highest BCUT2D eigenvalue weighted by Gasteiger charge is 2.37. The zero-order chi connectivity index (χ0) is 15.5. The molecule has 0 aliphatic heterocycles. The maximum atomic E-state index is 12.7. The van der Waals surface area contributed by atoms with Crippen LogP contribution in [0.5, 0.6) is 0 Å². The van der Waals surface area contributed by atoms with E-state index in [4.69, 9.17) is 4.42 Å². The smallest absolute Gasteiger partial charge is 0.318 e. The minimum atomic E-state index is -0.126. The maximum absolute atomic E-state index is 12.7. The minimum Gasteiger partial charge on any atom is -0.467 e. The van der Waals surface area contributed by atoms with E-state index in [2.05, 4.69) is 10.3 Å². The number of hydrogen-bond donors (Lipinski definition) is 1. The number of pyridine rings is 1. The van der Waals surface area contributed by atoms with Crippen molar-refractivity contribution in [1.29, 1.82) is 0 Å². The molecule has 1 saturated carbocycles. The van der Waals surface area contributed by atoms with Crippen molar-refractivity contribution in [1.82, 2.24) is 15.2 Å². The summed E-state index contributed by atoms with van der Waals surface area (Å²) in [5.41, 5.74) is 0.859. The van der Waals surface area contributed by atoms with E-state index < -0.39 is 0 Å². The van der Waals surface area contributed by atoms with Gasteiger partial charge in [0.2, 0.25) is 0 Å². The van der Waals surface area contributed by atoms with Crippen LogP contribution in [0.3, 0.4) is 0 Å². The second-order valence-corrected chi connectivity index (χ2v) is 5.76. The molecule has 0 radical (unpaired) electrons. The summed E-state index contributed by atoms with van der Waals surface area (Å²) in [6.45, 7) is 3.95. The molecule has 0 bridgehead atoms. The van der Waals surface area contributed by atoms with Gasteiger partial charge >= 0.3 is 6.03 Å².